The molecule has 1 aliphatic heterocycles. The maximum absolute atomic E-state index is 6.10. The summed E-state index contributed by atoms with van der Waals surface area (Å²) in [5, 5.41) is 0. The molecule has 0 spiro atoms. The second-order valence-corrected chi connectivity index (χ2v) is 5.55. The zero-order chi connectivity index (χ0) is 11.7. The Labute approximate surface area is 105 Å². The molecule has 0 aromatic carbocycles. The van der Waals surface area contributed by atoms with E-state index in [1.54, 1.807) is 0 Å². The molecular formula is C12H18BrN3. The van der Waals surface area contributed by atoms with Crippen LogP contribution in [0.1, 0.15) is 18.9 Å². The third-order valence-electron chi connectivity index (χ3n) is 3.27. The number of rotatable bonds is 1. The van der Waals surface area contributed by atoms with Gasteiger partial charge >= 0.3 is 0 Å². The number of aryl methyl sites for hydroxylation is 1. The third kappa shape index (κ3) is 2.38. The highest BCUT2D eigenvalue weighted by molar-refractivity contribution is 9.10. The Balaban J connectivity index is 2.18. The van der Waals surface area contributed by atoms with E-state index in [0.717, 1.165) is 29.8 Å². The predicted octanol–water partition coefficient (Wildman–Crippen LogP) is 2.33. The highest BCUT2D eigenvalue weighted by Crippen LogP contribution is 2.28. The van der Waals surface area contributed by atoms with Crippen LogP contribution >= 0.6 is 15.9 Å². The number of halogens is 1. The summed E-state index contributed by atoms with van der Waals surface area (Å²) in [6, 6.07) is 2.36. The number of hydrogen-bond donors (Lipinski definition) is 1. The van der Waals surface area contributed by atoms with E-state index >= 15 is 0 Å². The molecule has 3 nitrogen and oxygen atoms in total. The van der Waals surface area contributed by atoms with Gasteiger partial charge in [0.1, 0.15) is 5.82 Å². The zero-order valence-electron chi connectivity index (χ0n) is 9.78. The van der Waals surface area contributed by atoms with Gasteiger partial charge in [-0.25, -0.2) is 4.98 Å². The number of nitrogens with zero attached hydrogens (tertiary/aromatic N) is 2. The lowest BCUT2D eigenvalue weighted by molar-refractivity contribution is 0.377. The van der Waals surface area contributed by atoms with Gasteiger partial charge in [0.15, 0.2) is 0 Å². The van der Waals surface area contributed by atoms with Crippen molar-refractivity contribution < 1.29 is 0 Å². The summed E-state index contributed by atoms with van der Waals surface area (Å²) < 4.78 is 1.06. The van der Waals surface area contributed by atoms with Gasteiger partial charge in [-0.2, -0.15) is 0 Å². The van der Waals surface area contributed by atoms with Crippen molar-refractivity contribution in [3.63, 3.8) is 0 Å². The Morgan fingerprint density at radius 2 is 2.31 bits per heavy atom. The number of piperidine rings is 1. The van der Waals surface area contributed by atoms with Crippen LogP contribution in [0.25, 0.3) is 0 Å². The summed E-state index contributed by atoms with van der Waals surface area (Å²) in [5.74, 6) is 1.63. The van der Waals surface area contributed by atoms with Gasteiger partial charge in [0.25, 0.3) is 0 Å². The van der Waals surface area contributed by atoms with E-state index in [1.165, 1.54) is 5.56 Å². The number of hydrogen-bond acceptors (Lipinski definition) is 3. The lowest BCUT2D eigenvalue weighted by atomic mass is 9.94. The molecule has 1 fully saturated rings. The summed E-state index contributed by atoms with van der Waals surface area (Å²) in [6.45, 7) is 6.21. The van der Waals surface area contributed by atoms with Crippen LogP contribution in [0.15, 0.2) is 16.7 Å². The first-order chi connectivity index (χ1) is 7.58. The number of anilines is 1. The molecule has 2 rings (SSSR count). The molecule has 1 aromatic rings. The molecule has 1 aromatic heterocycles. The van der Waals surface area contributed by atoms with Gasteiger partial charge in [0, 0.05) is 25.3 Å². The maximum Gasteiger partial charge on any atom is 0.142 e. The molecule has 0 radical (unpaired) electrons. The monoisotopic (exact) mass is 283 g/mol. The lowest BCUT2D eigenvalue weighted by Gasteiger charge is -2.36. The van der Waals surface area contributed by atoms with E-state index in [0.29, 0.717) is 5.92 Å². The van der Waals surface area contributed by atoms with E-state index < -0.39 is 0 Å². The fourth-order valence-electron chi connectivity index (χ4n) is 2.05. The highest BCUT2D eigenvalue weighted by atomic mass is 79.9. The molecule has 88 valence electrons. The second kappa shape index (κ2) is 4.72. The van der Waals surface area contributed by atoms with Crippen molar-refractivity contribution in [3.8, 4) is 0 Å². The fourth-order valence-corrected chi connectivity index (χ4v) is 2.76. The molecule has 2 unspecified atom stereocenters. The van der Waals surface area contributed by atoms with Crippen molar-refractivity contribution >= 4 is 21.7 Å². The Morgan fingerprint density at radius 3 is 2.94 bits per heavy atom. The van der Waals surface area contributed by atoms with E-state index in [4.69, 9.17) is 5.73 Å². The first kappa shape index (κ1) is 11.9. The van der Waals surface area contributed by atoms with Gasteiger partial charge in [-0.3, -0.25) is 0 Å². The third-order valence-corrected chi connectivity index (χ3v) is 3.86. The number of nitrogens with two attached hydrogens (primary N) is 1. The van der Waals surface area contributed by atoms with Gasteiger partial charge in [-0.05, 0) is 46.8 Å². The van der Waals surface area contributed by atoms with Crippen molar-refractivity contribution in [1.82, 2.24) is 4.98 Å². The van der Waals surface area contributed by atoms with E-state index in [9.17, 15) is 0 Å². The first-order valence-corrected chi connectivity index (χ1v) is 6.50. The zero-order valence-corrected chi connectivity index (χ0v) is 11.4. The Kier molecular flexibility index (Phi) is 3.50. The quantitative estimate of drug-likeness (QED) is 0.860. The normalized spacial score (nSPS) is 25.9. The Bertz CT molecular complexity index is 381. The van der Waals surface area contributed by atoms with Crippen molar-refractivity contribution in [3.05, 3.63) is 22.3 Å². The largest absolute Gasteiger partial charge is 0.354 e. The molecule has 2 N–H and O–H groups in total. The number of aromatic nitrogens is 1. The van der Waals surface area contributed by atoms with E-state index in [1.807, 2.05) is 13.1 Å². The van der Waals surface area contributed by atoms with Crippen LogP contribution in [0.4, 0.5) is 5.82 Å². The van der Waals surface area contributed by atoms with Crippen LogP contribution in [0.2, 0.25) is 0 Å². The molecule has 0 saturated carbocycles. The number of pyridine rings is 1. The first-order valence-electron chi connectivity index (χ1n) is 5.70. The van der Waals surface area contributed by atoms with Crippen molar-refractivity contribution in [2.75, 3.05) is 18.0 Å². The molecule has 2 heterocycles. The highest BCUT2D eigenvalue weighted by Gasteiger charge is 2.24. The summed E-state index contributed by atoms with van der Waals surface area (Å²) in [6.07, 6.45) is 3.05. The summed E-state index contributed by atoms with van der Waals surface area (Å²) >= 11 is 3.57. The van der Waals surface area contributed by atoms with Gasteiger partial charge in [0.2, 0.25) is 0 Å². The average molecular weight is 284 g/mol. The SMILES string of the molecule is Cc1cnc(N2CCC(C)C(N)C2)c(Br)c1. The van der Waals surface area contributed by atoms with Gasteiger partial charge in [-0.1, -0.05) is 6.92 Å². The van der Waals surface area contributed by atoms with Crippen LogP contribution in [0.3, 0.4) is 0 Å². The summed E-state index contributed by atoms with van der Waals surface area (Å²) in [5.41, 5.74) is 7.27. The van der Waals surface area contributed by atoms with Crippen molar-refractivity contribution in [2.24, 2.45) is 11.7 Å². The van der Waals surface area contributed by atoms with Crippen molar-refractivity contribution in [1.29, 1.82) is 0 Å². The Hall–Kier alpha value is -0.610. The van der Waals surface area contributed by atoms with Crippen molar-refractivity contribution in [2.45, 2.75) is 26.3 Å². The minimum absolute atomic E-state index is 0.253. The molecule has 0 bridgehead atoms. The molecular weight excluding hydrogens is 266 g/mol. The molecule has 4 heteroatoms. The molecule has 1 aliphatic rings. The van der Waals surface area contributed by atoms with Crippen LogP contribution in [-0.4, -0.2) is 24.1 Å². The maximum atomic E-state index is 6.10. The van der Waals surface area contributed by atoms with Crippen LogP contribution in [0, 0.1) is 12.8 Å². The minimum Gasteiger partial charge on any atom is -0.354 e. The van der Waals surface area contributed by atoms with Crippen LogP contribution in [-0.2, 0) is 0 Å². The van der Waals surface area contributed by atoms with E-state index in [2.05, 4.69) is 38.8 Å². The fraction of sp³-hybridized carbons (Fsp3) is 0.583. The van der Waals surface area contributed by atoms with Gasteiger partial charge in [0.05, 0.1) is 4.47 Å². The van der Waals surface area contributed by atoms with Crippen LogP contribution < -0.4 is 10.6 Å². The van der Waals surface area contributed by atoms with Gasteiger partial charge in [-0.15, -0.1) is 0 Å². The Morgan fingerprint density at radius 1 is 1.56 bits per heavy atom. The average Bonchev–Trinajstić information content (AvgIpc) is 2.22. The standard InChI is InChI=1S/C12H18BrN3/c1-8-5-10(13)12(15-6-8)16-4-3-9(2)11(14)7-16/h5-6,9,11H,3-4,7,14H2,1-2H3. The summed E-state index contributed by atoms with van der Waals surface area (Å²) in [7, 11) is 0. The predicted molar refractivity (Wildman–Crippen MR) is 70.6 cm³/mol. The van der Waals surface area contributed by atoms with Crippen LogP contribution in [0.5, 0.6) is 0 Å². The lowest BCUT2D eigenvalue weighted by Crippen LogP contribution is -2.48. The van der Waals surface area contributed by atoms with Gasteiger partial charge < -0.3 is 10.6 Å². The molecule has 2 atom stereocenters. The molecule has 0 aliphatic carbocycles. The minimum atomic E-state index is 0.253. The smallest absolute Gasteiger partial charge is 0.142 e. The summed E-state index contributed by atoms with van der Waals surface area (Å²) in [4.78, 5) is 6.76. The molecule has 1 saturated heterocycles. The second-order valence-electron chi connectivity index (χ2n) is 4.69. The molecule has 16 heavy (non-hydrogen) atoms. The topological polar surface area (TPSA) is 42.2 Å². The molecule has 0 amide bonds. The van der Waals surface area contributed by atoms with E-state index in [-0.39, 0.29) is 6.04 Å².